The van der Waals surface area contributed by atoms with Crippen molar-refractivity contribution in [2.75, 3.05) is 22.3 Å². The van der Waals surface area contributed by atoms with E-state index in [1.54, 1.807) is 30.3 Å². The summed E-state index contributed by atoms with van der Waals surface area (Å²) in [4.78, 5) is 15.4. The number of hydrogen-bond donors (Lipinski definition) is 3. The molecule has 0 saturated carbocycles. The average Bonchev–Trinajstić information content (AvgIpc) is 2.82. The summed E-state index contributed by atoms with van der Waals surface area (Å²) in [6.07, 6.45) is 2.14. The number of unbranched alkanes of at least 4 members (excludes halogenated alkanes) is 2. The fourth-order valence-electron chi connectivity index (χ4n) is 3.74. The highest BCUT2D eigenvalue weighted by Gasteiger charge is 2.14. The highest BCUT2D eigenvalue weighted by atomic mass is 35.5. The van der Waals surface area contributed by atoms with Gasteiger partial charge in [0.1, 0.15) is 0 Å². The van der Waals surface area contributed by atoms with Crippen LogP contribution in [0.25, 0.3) is 21.8 Å². The van der Waals surface area contributed by atoms with Crippen LogP contribution < -0.4 is 15.8 Å². The molecule has 0 unspecified atom stereocenters. The van der Waals surface area contributed by atoms with Crippen LogP contribution in [-0.4, -0.2) is 30.6 Å². The number of nitrogens with one attached hydrogen (secondary N) is 2. The van der Waals surface area contributed by atoms with Crippen molar-refractivity contribution in [3.05, 3.63) is 76.8 Å². The van der Waals surface area contributed by atoms with Gasteiger partial charge in [-0.3, -0.25) is 14.8 Å². The Morgan fingerprint density at radius 1 is 0.886 bits per heavy atom. The number of pyridine rings is 1. The Morgan fingerprint density at radius 2 is 1.57 bits per heavy atom. The van der Waals surface area contributed by atoms with Crippen LogP contribution in [0.3, 0.4) is 0 Å². The van der Waals surface area contributed by atoms with Gasteiger partial charge in [0, 0.05) is 34.3 Å². The van der Waals surface area contributed by atoms with Gasteiger partial charge in [0.05, 0.1) is 27.4 Å². The fourth-order valence-corrected chi connectivity index (χ4v) is 4.92. The smallest absolute Gasteiger partial charge is 0.271 e. The molecule has 0 fully saturated rings. The van der Waals surface area contributed by atoms with Gasteiger partial charge in [-0.05, 0) is 55.8 Å². The van der Waals surface area contributed by atoms with Crippen molar-refractivity contribution in [1.29, 1.82) is 0 Å². The van der Waals surface area contributed by atoms with Crippen LogP contribution in [0.5, 0.6) is 0 Å². The lowest BCUT2D eigenvalue weighted by atomic mass is 10.1. The van der Waals surface area contributed by atoms with E-state index in [1.165, 1.54) is 12.1 Å². The van der Waals surface area contributed by atoms with Crippen molar-refractivity contribution in [3.8, 4) is 0 Å². The lowest BCUT2D eigenvalue weighted by molar-refractivity contribution is -0.384. The van der Waals surface area contributed by atoms with Gasteiger partial charge in [0.2, 0.25) is 10.0 Å². The van der Waals surface area contributed by atoms with Gasteiger partial charge in [0.15, 0.2) is 0 Å². The summed E-state index contributed by atoms with van der Waals surface area (Å²) in [7, 11) is -3.43. The largest absolute Gasteiger partial charge is 0.354 e. The van der Waals surface area contributed by atoms with E-state index >= 15 is 0 Å². The molecule has 0 aliphatic heterocycles. The molecule has 0 amide bonds. The second-order valence-electron chi connectivity index (χ2n) is 7.94. The molecule has 0 spiro atoms. The Labute approximate surface area is 209 Å². The molecule has 35 heavy (non-hydrogen) atoms. The summed E-state index contributed by atoms with van der Waals surface area (Å²) in [5, 5.41) is 16.2. The molecule has 0 aliphatic rings. The van der Waals surface area contributed by atoms with Gasteiger partial charge in [-0.1, -0.05) is 24.6 Å². The molecule has 9 nitrogen and oxygen atoms in total. The quantitative estimate of drug-likeness (QED) is 0.112. The molecule has 0 radical (unpaired) electrons. The minimum atomic E-state index is -3.43. The topological polar surface area (TPSA) is 140 Å². The predicted octanol–water partition coefficient (Wildman–Crippen LogP) is 5.33. The first-order valence-electron chi connectivity index (χ1n) is 10.9. The van der Waals surface area contributed by atoms with Crippen LogP contribution in [0.2, 0.25) is 0 Å². The first-order chi connectivity index (χ1) is 16.4. The first kappa shape index (κ1) is 26.1. The molecule has 0 bridgehead atoms. The van der Waals surface area contributed by atoms with Crippen LogP contribution >= 0.6 is 12.4 Å². The molecule has 0 aliphatic carbocycles. The van der Waals surface area contributed by atoms with E-state index in [4.69, 9.17) is 5.73 Å². The molecular formula is C24H26ClN5O4S. The van der Waals surface area contributed by atoms with Gasteiger partial charge in [-0.25, -0.2) is 13.4 Å². The Balaban J connectivity index is 0.00000342. The number of nitro benzene ring substituents is 1. The van der Waals surface area contributed by atoms with Crippen LogP contribution in [0.1, 0.15) is 19.3 Å². The number of nitrogens with zero attached hydrogens (tertiary/aromatic N) is 2. The van der Waals surface area contributed by atoms with E-state index in [9.17, 15) is 18.5 Å². The van der Waals surface area contributed by atoms with Gasteiger partial charge < -0.3 is 11.1 Å². The predicted molar refractivity (Wildman–Crippen MR) is 143 cm³/mol. The van der Waals surface area contributed by atoms with Crippen molar-refractivity contribution >= 4 is 67.0 Å². The number of rotatable bonds is 10. The maximum atomic E-state index is 12.3. The van der Waals surface area contributed by atoms with Gasteiger partial charge in [-0.15, -0.1) is 12.4 Å². The number of benzene rings is 3. The van der Waals surface area contributed by atoms with E-state index < -0.39 is 14.9 Å². The number of para-hydroxylation sites is 1. The molecule has 4 rings (SSSR count). The maximum Gasteiger partial charge on any atom is 0.271 e. The molecular weight excluding hydrogens is 490 g/mol. The zero-order valence-electron chi connectivity index (χ0n) is 18.8. The Morgan fingerprint density at radius 3 is 2.29 bits per heavy atom. The summed E-state index contributed by atoms with van der Waals surface area (Å²) in [6, 6.07) is 19.1. The van der Waals surface area contributed by atoms with Crippen LogP contribution in [0.4, 0.5) is 22.7 Å². The normalized spacial score (nSPS) is 11.2. The number of halogens is 1. The van der Waals surface area contributed by atoms with Crippen molar-refractivity contribution in [3.63, 3.8) is 0 Å². The molecule has 184 valence electrons. The van der Waals surface area contributed by atoms with Crippen LogP contribution in [-0.2, 0) is 10.0 Å². The third kappa shape index (κ3) is 6.36. The molecule has 1 heterocycles. The molecule has 1 aromatic heterocycles. The number of hydrogen-bond acceptors (Lipinski definition) is 7. The number of sulfonamides is 1. The SMILES string of the molecule is Cl.NCCCCCS(=O)(=O)Nc1ccc(Nc2c3ccccc3nc3cc([N+](=O)[O-])ccc23)cc1. The minimum Gasteiger partial charge on any atom is -0.354 e. The number of nitrogens with two attached hydrogens (primary N) is 1. The number of nitro groups is 1. The highest BCUT2D eigenvalue weighted by molar-refractivity contribution is 7.92. The lowest BCUT2D eigenvalue weighted by Crippen LogP contribution is -2.16. The van der Waals surface area contributed by atoms with Gasteiger partial charge in [0.25, 0.3) is 5.69 Å². The summed E-state index contributed by atoms with van der Waals surface area (Å²) < 4.78 is 27.2. The maximum absolute atomic E-state index is 12.3. The highest BCUT2D eigenvalue weighted by Crippen LogP contribution is 2.34. The van der Waals surface area contributed by atoms with Crippen molar-refractivity contribution in [2.45, 2.75) is 19.3 Å². The summed E-state index contributed by atoms with van der Waals surface area (Å²) >= 11 is 0. The molecule has 0 saturated heterocycles. The van der Waals surface area contributed by atoms with E-state index in [1.807, 2.05) is 24.3 Å². The van der Waals surface area contributed by atoms with Crippen LogP contribution in [0.15, 0.2) is 66.7 Å². The number of fused-ring (bicyclic) bond motifs is 2. The summed E-state index contributed by atoms with van der Waals surface area (Å²) in [6.45, 7) is 0.556. The monoisotopic (exact) mass is 515 g/mol. The molecule has 4 aromatic rings. The number of non-ortho nitro benzene ring substituents is 1. The standard InChI is InChI=1S/C24H25N5O4S.ClH/c25-14-4-1-5-15-34(32,33)28-18-10-8-17(9-11-18)26-24-20-6-2-3-7-22(20)27-23-16-19(29(30)31)12-13-21(23)24;/h2-3,6-13,16,28H,1,4-5,14-15,25H2,(H,26,27);1H. The zero-order valence-corrected chi connectivity index (χ0v) is 20.4. The van der Waals surface area contributed by atoms with E-state index in [-0.39, 0.29) is 23.8 Å². The van der Waals surface area contributed by atoms with E-state index in [2.05, 4.69) is 15.0 Å². The third-order valence-electron chi connectivity index (χ3n) is 5.42. The Hall–Kier alpha value is -3.47. The molecule has 3 aromatic carbocycles. The second kappa shape index (κ2) is 11.3. The Bertz CT molecular complexity index is 1450. The average molecular weight is 516 g/mol. The summed E-state index contributed by atoms with van der Waals surface area (Å²) in [5.74, 6) is 0.0497. The zero-order chi connectivity index (χ0) is 24.1. The second-order valence-corrected chi connectivity index (χ2v) is 9.78. The number of anilines is 3. The molecule has 11 heteroatoms. The Kier molecular flexibility index (Phi) is 8.44. The summed E-state index contributed by atoms with van der Waals surface area (Å²) in [5.41, 5.74) is 8.62. The minimum absolute atomic E-state index is 0. The third-order valence-corrected chi connectivity index (χ3v) is 6.79. The van der Waals surface area contributed by atoms with Crippen molar-refractivity contribution in [2.24, 2.45) is 5.73 Å². The number of aromatic nitrogens is 1. The molecule has 4 N–H and O–H groups in total. The van der Waals surface area contributed by atoms with Crippen LogP contribution in [0, 0.1) is 10.1 Å². The lowest BCUT2D eigenvalue weighted by Gasteiger charge is -2.14. The van der Waals surface area contributed by atoms with Gasteiger partial charge in [-0.2, -0.15) is 0 Å². The van der Waals surface area contributed by atoms with E-state index in [0.29, 0.717) is 29.7 Å². The fraction of sp³-hybridized carbons (Fsp3) is 0.208. The van der Waals surface area contributed by atoms with Crippen molar-refractivity contribution in [1.82, 2.24) is 4.98 Å². The first-order valence-corrected chi connectivity index (χ1v) is 12.6. The molecule has 0 atom stereocenters. The van der Waals surface area contributed by atoms with Gasteiger partial charge >= 0.3 is 0 Å². The van der Waals surface area contributed by atoms with Crippen molar-refractivity contribution < 1.29 is 13.3 Å². The van der Waals surface area contributed by atoms with E-state index in [0.717, 1.165) is 35.0 Å².